The molecule has 0 radical (unpaired) electrons. The number of halogens is 1. The lowest BCUT2D eigenvalue weighted by molar-refractivity contribution is 0.0785. The molecule has 1 unspecified atom stereocenters. The molecule has 27 heavy (non-hydrogen) atoms. The van der Waals surface area contributed by atoms with Gasteiger partial charge in [0.1, 0.15) is 11.0 Å². The molecule has 6 nitrogen and oxygen atoms in total. The summed E-state index contributed by atoms with van der Waals surface area (Å²) in [6.07, 6.45) is 2.30. The number of carbonyl (C=O) groups excluding carboxylic acids is 1. The Bertz CT molecular complexity index is 904. The summed E-state index contributed by atoms with van der Waals surface area (Å²) in [6, 6.07) is 13.7. The Kier molecular flexibility index (Phi) is 6.08. The number of hydrogen-bond donors (Lipinski definition) is 1. The number of carbonyl (C=O) groups is 1. The summed E-state index contributed by atoms with van der Waals surface area (Å²) in [5.41, 5.74) is 4.42. The summed E-state index contributed by atoms with van der Waals surface area (Å²) in [6.45, 7) is 2.72. The third-order valence-electron chi connectivity index (χ3n) is 4.97. The highest BCUT2D eigenvalue weighted by atomic mass is 35.5. The monoisotopic (exact) mass is 386 g/mol. The average Bonchev–Trinajstić information content (AvgIpc) is 3.33. The highest BCUT2D eigenvalue weighted by molar-refractivity contribution is 5.94. The first-order valence-corrected chi connectivity index (χ1v) is 8.95. The molecule has 1 aliphatic heterocycles. The van der Waals surface area contributed by atoms with Crippen molar-refractivity contribution in [1.82, 2.24) is 20.5 Å². The van der Waals surface area contributed by atoms with E-state index in [1.54, 1.807) is 4.90 Å². The predicted molar refractivity (Wildman–Crippen MR) is 106 cm³/mol. The third kappa shape index (κ3) is 4.46. The van der Waals surface area contributed by atoms with Crippen molar-refractivity contribution in [3.05, 3.63) is 59.2 Å². The molecule has 0 saturated carbocycles. The fourth-order valence-electron chi connectivity index (χ4n) is 3.50. The first-order chi connectivity index (χ1) is 12.7. The molecule has 3 aromatic rings. The average molecular weight is 387 g/mol. The highest BCUT2D eigenvalue weighted by Gasteiger charge is 2.16. The molecule has 0 aliphatic carbocycles. The molecule has 1 amide bonds. The van der Waals surface area contributed by atoms with Gasteiger partial charge in [-0.25, -0.2) is 4.63 Å². The number of nitrogens with zero attached hydrogens (tertiary/aromatic N) is 3. The summed E-state index contributed by atoms with van der Waals surface area (Å²) < 4.78 is 4.72. The van der Waals surface area contributed by atoms with Crippen LogP contribution in [0, 0.1) is 5.92 Å². The molecule has 142 valence electrons. The standard InChI is InChI=1S/C20H22N4O2.ClH/c1-24(13-16-4-7-18-19(11-16)23-26-22-18)20(25)17-5-2-14(3-6-17)10-15-8-9-21-12-15;/h2-7,11,15,21H,8-10,12-13H2,1H3;1H. The number of fused-ring (bicyclic) bond motifs is 1. The predicted octanol–water partition coefficient (Wildman–Crippen LogP) is 3.07. The van der Waals surface area contributed by atoms with Gasteiger partial charge in [-0.05, 0) is 77.6 Å². The minimum Gasteiger partial charge on any atom is -0.337 e. The number of amides is 1. The summed E-state index contributed by atoms with van der Waals surface area (Å²) in [5.74, 6) is 0.720. The van der Waals surface area contributed by atoms with Crippen LogP contribution in [-0.2, 0) is 13.0 Å². The minimum absolute atomic E-state index is 0. The van der Waals surface area contributed by atoms with Crippen molar-refractivity contribution in [2.24, 2.45) is 5.92 Å². The van der Waals surface area contributed by atoms with Crippen molar-refractivity contribution in [1.29, 1.82) is 0 Å². The lowest BCUT2D eigenvalue weighted by atomic mass is 9.98. The van der Waals surface area contributed by atoms with Crippen molar-refractivity contribution in [3.63, 3.8) is 0 Å². The van der Waals surface area contributed by atoms with Gasteiger partial charge in [0.15, 0.2) is 0 Å². The maximum atomic E-state index is 12.7. The molecule has 1 aromatic heterocycles. The van der Waals surface area contributed by atoms with Crippen LogP contribution in [0.4, 0.5) is 0 Å². The Morgan fingerprint density at radius 1 is 1.15 bits per heavy atom. The molecule has 2 heterocycles. The molecule has 1 N–H and O–H groups in total. The summed E-state index contributed by atoms with van der Waals surface area (Å²) in [7, 11) is 1.81. The molecule has 1 atom stereocenters. The van der Waals surface area contributed by atoms with Crippen LogP contribution in [0.5, 0.6) is 0 Å². The van der Waals surface area contributed by atoms with Crippen LogP contribution in [-0.4, -0.2) is 41.3 Å². The van der Waals surface area contributed by atoms with Crippen molar-refractivity contribution < 1.29 is 9.42 Å². The highest BCUT2D eigenvalue weighted by Crippen LogP contribution is 2.17. The zero-order valence-corrected chi connectivity index (χ0v) is 16.0. The Morgan fingerprint density at radius 3 is 2.63 bits per heavy atom. The van der Waals surface area contributed by atoms with E-state index in [0.717, 1.165) is 30.6 Å². The molecule has 7 heteroatoms. The number of rotatable bonds is 5. The topological polar surface area (TPSA) is 71.3 Å². The molecule has 1 aliphatic rings. The Balaban J connectivity index is 0.00000210. The number of hydrogen-bond acceptors (Lipinski definition) is 5. The molecule has 1 saturated heterocycles. The van der Waals surface area contributed by atoms with Gasteiger partial charge in [0.2, 0.25) is 0 Å². The number of aromatic nitrogens is 2. The van der Waals surface area contributed by atoms with Gasteiger partial charge in [-0.1, -0.05) is 18.2 Å². The van der Waals surface area contributed by atoms with E-state index in [0.29, 0.717) is 23.5 Å². The molecule has 2 aromatic carbocycles. The molecular formula is C20H23ClN4O2. The Labute approximate surface area is 164 Å². The zero-order chi connectivity index (χ0) is 17.9. The quantitative estimate of drug-likeness (QED) is 0.729. The van der Waals surface area contributed by atoms with Crippen molar-refractivity contribution >= 4 is 29.3 Å². The van der Waals surface area contributed by atoms with E-state index in [4.69, 9.17) is 4.63 Å². The second-order valence-corrected chi connectivity index (χ2v) is 7.01. The third-order valence-corrected chi connectivity index (χ3v) is 4.97. The van der Waals surface area contributed by atoms with E-state index in [1.165, 1.54) is 12.0 Å². The largest absolute Gasteiger partial charge is 0.337 e. The second kappa shape index (κ2) is 8.50. The summed E-state index contributed by atoms with van der Waals surface area (Å²) in [5, 5.41) is 11.0. The van der Waals surface area contributed by atoms with Crippen molar-refractivity contribution in [2.75, 3.05) is 20.1 Å². The Morgan fingerprint density at radius 2 is 1.89 bits per heavy atom. The fraction of sp³-hybridized carbons (Fsp3) is 0.350. The van der Waals surface area contributed by atoms with E-state index >= 15 is 0 Å². The van der Waals surface area contributed by atoms with Gasteiger partial charge in [-0.2, -0.15) is 0 Å². The maximum Gasteiger partial charge on any atom is 0.253 e. The molecule has 4 rings (SSSR count). The van der Waals surface area contributed by atoms with Crippen LogP contribution in [0.3, 0.4) is 0 Å². The zero-order valence-electron chi connectivity index (χ0n) is 15.2. The van der Waals surface area contributed by atoms with E-state index < -0.39 is 0 Å². The van der Waals surface area contributed by atoms with Crippen LogP contribution in [0.2, 0.25) is 0 Å². The number of benzene rings is 2. The van der Waals surface area contributed by atoms with Gasteiger partial charge in [-0.3, -0.25) is 4.79 Å². The lowest BCUT2D eigenvalue weighted by Gasteiger charge is -2.17. The maximum absolute atomic E-state index is 12.7. The molecule has 0 spiro atoms. The first kappa shape index (κ1) is 19.3. The lowest BCUT2D eigenvalue weighted by Crippen LogP contribution is -2.26. The minimum atomic E-state index is 0. The van der Waals surface area contributed by atoms with Gasteiger partial charge in [0, 0.05) is 19.2 Å². The summed E-state index contributed by atoms with van der Waals surface area (Å²) >= 11 is 0. The normalized spacial score (nSPS) is 16.3. The van der Waals surface area contributed by atoms with E-state index in [1.807, 2.05) is 37.4 Å². The van der Waals surface area contributed by atoms with Crippen LogP contribution >= 0.6 is 12.4 Å². The van der Waals surface area contributed by atoms with Gasteiger partial charge in [-0.15, -0.1) is 12.4 Å². The van der Waals surface area contributed by atoms with Gasteiger partial charge in [0.05, 0.1) is 0 Å². The smallest absolute Gasteiger partial charge is 0.253 e. The van der Waals surface area contributed by atoms with Crippen LogP contribution in [0.25, 0.3) is 11.0 Å². The van der Waals surface area contributed by atoms with E-state index in [9.17, 15) is 4.79 Å². The second-order valence-electron chi connectivity index (χ2n) is 7.01. The molecule has 0 bridgehead atoms. The van der Waals surface area contributed by atoms with E-state index in [2.05, 4.69) is 27.8 Å². The van der Waals surface area contributed by atoms with Crippen LogP contribution in [0.1, 0.15) is 27.9 Å². The van der Waals surface area contributed by atoms with Crippen molar-refractivity contribution in [2.45, 2.75) is 19.4 Å². The Hall–Kier alpha value is -2.44. The SMILES string of the molecule is CN(Cc1ccc2nonc2c1)C(=O)c1ccc(CC2CCNC2)cc1.Cl. The van der Waals surface area contributed by atoms with Crippen molar-refractivity contribution in [3.8, 4) is 0 Å². The van der Waals surface area contributed by atoms with Crippen LogP contribution < -0.4 is 5.32 Å². The molecular weight excluding hydrogens is 364 g/mol. The fourth-order valence-corrected chi connectivity index (χ4v) is 3.50. The van der Waals surface area contributed by atoms with E-state index in [-0.39, 0.29) is 18.3 Å². The van der Waals surface area contributed by atoms with Gasteiger partial charge >= 0.3 is 0 Å². The first-order valence-electron chi connectivity index (χ1n) is 8.95. The molecule has 1 fully saturated rings. The van der Waals surface area contributed by atoms with Crippen LogP contribution in [0.15, 0.2) is 47.1 Å². The summed E-state index contributed by atoms with van der Waals surface area (Å²) in [4.78, 5) is 14.4. The number of nitrogens with one attached hydrogen (secondary N) is 1. The van der Waals surface area contributed by atoms with Gasteiger partial charge < -0.3 is 10.2 Å². The van der Waals surface area contributed by atoms with Gasteiger partial charge in [0.25, 0.3) is 5.91 Å².